The van der Waals surface area contributed by atoms with Gasteiger partial charge in [-0.15, -0.1) is 11.8 Å². The van der Waals surface area contributed by atoms with Gasteiger partial charge in [0.15, 0.2) is 0 Å². The highest BCUT2D eigenvalue weighted by molar-refractivity contribution is 9.10. The van der Waals surface area contributed by atoms with Gasteiger partial charge in [0, 0.05) is 26.5 Å². The van der Waals surface area contributed by atoms with Crippen LogP contribution in [0.15, 0.2) is 53.0 Å². The molecule has 0 radical (unpaired) electrons. The van der Waals surface area contributed by atoms with Crippen molar-refractivity contribution in [2.45, 2.75) is 24.0 Å². The molecular formula is C16H17BrClNS. The Morgan fingerprint density at radius 3 is 2.45 bits per heavy atom. The Hall–Kier alpha value is -0.480. The topological polar surface area (TPSA) is 26.0 Å². The Kier molecular flexibility index (Phi) is 5.97. The molecule has 0 heterocycles. The minimum atomic E-state index is 0.0705. The molecule has 1 nitrogen and oxygen atoms in total. The predicted molar refractivity (Wildman–Crippen MR) is 93.3 cm³/mol. The molecule has 0 fully saturated rings. The van der Waals surface area contributed by atoms with E-state index in [4.69, 9.17) is 17.3 Å². The average Bonchev–Trinajstić information content (AvgIpc) is 2.42. The summed E-state index contributed by atoms with van der Waals surface area (Å²) in [6.45, 7) is 2.05. The quantitative estimate of drug-likeness (QED) is 0.760. The van der Waals surface area contributed by atoms with Gasteiger partial charge in [-0.1, -0.05) is 63.9 Å². The first kappa shape index (κ1) is 15.9. The SMILES string of the molecule is CC(N)C(SCc1ccccc1Cl)c1ccccc1Br. The zero-order chi connectivity index (χ0) is 14.5. The van der Waals surface area contributed by atoms with Gasteiger partial charge in [-0.05, 0) is 30.2 Å². The molecule has 2 unspecified atom stereocenters. The van der Waals surface area contributed by atoms with Crippen LogP contribution in [0.4, 0.5) is 0 Å². The van der Waals surface area contributed by atoms with Crippen molar-refractivity contribution in [3.05, 3.63) is 69.2 Å². The van der Waals surface area contributed by atoms with E-state index in [1.807, 2.05) is 49.0 Å². The summed E-state index contributed by atoms with van der Waals surface area (Å²) in [6, 6.07) is 16.3. The van der Waals surface area contributed by atoms with Crippen LogP contribution < -0.4 is 5.73 Å². The summed E-state index contributed by atoms with van der Waals surface area (Å²) >= 11 is 11.6. The molecule has 0 aliphatic carbocycles. The number of thioether (sulfide) groups is 1. The molecule has 2 atom stereocenters. The molecular weight excluding hydrogens is 354 g/mol. The van der Waals surface area contributed by atoms with Crippen molar-refractivity contribution in [1.29, 1.82) is 0 Å². The van der Waals surface area contributed by atoms with Crippen LogP contribution in [0.5, 0.6) is 0 Å². The third-order valence-corrected chi connectivity index (χ3v) is 5.68. The van der Waals surface area contributed by atoms with Crippen molar-refractivity contribution in [2.75, 3.05) is 0 Å². The molecule has 2 aromatic rings. The lowest BCUT2D eigenvalue weighted by Crippen LogP contribution is -2.23. The lowest BCUT2D eigenvalue weighted by molar-refractivity contribution is 0.719. The van der Waals surface area contributed by atoms with Crippen LogP contribution in [0.2, 0.25) is 5.02 Å². The first-order chi connectivity index (χ1) is 9.59. The second-order valence-electron chi connectivity index (χ2n) is 4.70. The van der Waals surface area contributed by atoms with Gasteiger partial charge in [-0.2, -0.15) is 0 Å². The minimum Gasteiger partial charge on any atom is -0.327 e. The zero-order valence-electron chi connectivity index (χ0n) is 11.2. The first-order valence-corrected chi connectivity index (χ1v) is 8.66. The highest BCUT2D eigenvalue weighted by atomic mass is 79.9. The van der Waals surface area contributed by atoms with E-state index in [-0.39, 0.29) is 11.3 Å². The standard InChI is InChI=1S/C16H17BrClNS/c1-11(19)16(13-7-3-4-8-14(13)17)20-10-12-6-2-5-9-15(12)18/h2-9,11,16H,10,19H2,1H3. The molecule has 0 spiro atoms. The van der Waals surface area contributed by atoms with E-state index in [0.717, 1.165) is 20.8 Å². The third-order valence-electron chi connectivity index (χ3n) is 3.07. The smallest absolute Gasteiger partial charge is 0.0460 e. The summed E-state index contributed by atoms with van der Waals surface area (Å²) < 4.78 is 1.11. The Balaban J connectivity index is 2.15. The van der Waals surface area contributed by atoms with Gasteiger partial charge >= 0.3 is 0 Å². The third kappa shape index (κ3) is 4.01. The molecule has 0 bridgehead atoms. The molecule has 106 valence electrons. The lowest BCUT2D eigenvalue weighted by atomic mass is 10.1. The molecule has 2 rings (SSSR count). The number of hydrogen-bond donors (Lipinski definition) is 1. The van der Waals surface area contributed by atoms with Gasteiger partial charge in [-0.3, -0.25) is 0 Å². The fraction of sp³-hybridized carbons (Fsp3) is 0.250. The van der Waals surface area contributed by atoms with E-state index >= 15 is 0 Å². The second kappa shape index (κ2) is 7.51. The molecule has 0 aliphatic rings. The Morgan fingerprint density at radius 2 is 1.80 bits per heavy atom. The molecule has 2 aromatic carbocycles. The Bertz CT molecular complexity index is 574. The number of rotatable bonds is 5. The van der Waals surface area contributed by atoms with Crippen molar-refractivity contribution >= 4 is 39.3 Å². The van der Waals surface area contributed by atoms with Crippen LogP contribution >= 0.6 is 39.3 Å². The normalized spacial score (nSPS) is 14.0. The largest absolute Gasteiger partial charge is 0.327 e. The molecule has 0 aromatic heterocycles. The van der Waals surface area contributed by atoms with E-state index in [2.05, 4.69) is 34.1 Å². The van der Waals surface area contributed by atoms with Crippen LogP contribution in [0, 0.1) is 0 Å². The van der Waals surface area contributed by atoms with Gasteiger partial charge in [0.2, 0.25) is 0 Å². The van der Waals surface area contributed by atoms with Crippen LogP contribution in [-0.2, 0) is 5.75 Å². The maximum absolute atomic E-state index is 6.21. The molecule has 2 N–H and O–H groups in total. The van der Waals surface area contributed by atoms with Crippen molar-refractivity contribution in [3.8, 4) is 0 Å². The minimum absolute atomic E-state index is 0.0705. The van der Waals surface area contributed by atoms with E-state index < -0.39 is 0 Å². The predicted octanol–water partition coefficient (Wildman–Crippen LogP) is 5.42. The maximum atomic E-state index is 6.21. The highest BCUT2D eigenvalue weighted by Crippen LogP contribution is 2.38. The fourth-order valence-corrected chi connectivity index (χ4v) is 4.29. The summed E-state index contributed by atoms with van der Waals surface area (Å²) in [5, 5.41) is 1.05. The van der Waals surface area contributed by atoms with Crippen LogP contribution in [0.3, 0.4) is 0 Å². The number of hydrogen-bond acceptors (Lipinski definition) is 2. The number of benzene rings is 2. The van der Waals surface area contributed by atoms with Crippen molar-refractivity contribution < 1.29 is 0 Å². The Morgan fingerprint density at radius 1 is 1.15 bits per heavy atom. The van der Waals surface area contributed by atoms with Crippen LogP contribution in [0.25, 0.3) is 0 Å². The molecule has 4 heteroatoms. The molecule has 20 heavy (non-hydrogen) atoms. The average molecular weight is 371 g/mol. The number of halogens is 2. The molecule has 0 saturated heterocycles. The summed E-state index contributed by atoms with van der Waals surface area (Å²) in [6.07, 6.45) is 0. The van der Waals surface area contributed by atoms with E-state index in [1.54, 1.807) is 0 Å². The first-order valence-electron chi connectivity index (χ1n) is 6.44. The van der Waals surface area contributed by atoms with Crippen LogP contribution in [-0.4, -0.2) is 6.04 Å². The van der Waals surface area contributed by atoms with Crippen molar-refractivity contribution in [1.82, 2.24) is 0 Å². The summed E-state index contributed by atoms with van der Waals surface area (Å²) in [5.41, 5.74) is 8.55. The number of nitrogens with two attached hydrogens (primary N) is 1. The summed E-state index contributed by atoms with van der Waals surface area (Å²) in [7, 11) is 0. The van der Waals surface area contributed by atoms with E-state index in [9.17, 15) is 0 Å². The molecule has 0 aliphatic heterocycles. The monoisotopic (exact) mass is 369 g/mol. The second-order valence-corrected chi connectivity index (χ2v) is 7.10. The summed E-state index contributed by atoms with van der Waals surface area (Å²) in [4.78, 5) is 0. The van der Waals surface area contributed by atoms with Crippen LogP contribution in [0.1, 0.15) is 23.3 Å². The van der Waals surface area contributed by atoms with Gasteiger partial charge in [0.25, 0.3) is 0 Å². The molecule has 0 saturated carbocycles. The summed E-state index contributed by atoms with van der Waals surface area (Å²) in [5.74, 6) is 0.854. The maximum Gasteiger partial charge on any atom is 0.0460 e. The van der Waals surface area contributed by atoms with Gasteiger partial charge in [0.1, 0.15) is 0 Å². The van der Waals surface area contributed by atoms with Gasteiger partial charge in [-0.25, -0.2) is 0 Å². The van der Waals surface area contributed by atoms with Gasteiger partial charge in [0.05, 0.1) is 0 Å². The molecule has 0 amide bonds. The van der Waals surface area contributed by atoms with Crippen molar-refractivity contribution in [2.24, 2.45) is 5.73 Å². The van der Waals surface area contributed by atoms with Crippen molar-refractivity contribution in [3.63, 3.8) is 0 Å². The van der Waals surface area contributed by atoms with E-state index in [1.165, 1.54) is 5.56 Å². The van der Waals surface area contributed by atoms with Gasteiger partial charge < -0.3 is 5.73 Å². The highest BCUT2D eigenvalue weighted by Gasteiger charge is 2.19. The Labute approximate surface area is 138 Å². The zero-order valence-corrected chi connectivity index (χ0v) is 14.4. The van der Waals surface area contributed by atoms with E-state index in [0.29, 0.717) is 0 Å². The fourth-order valence-electron chi connectivity index (χ4n) is 2.03. The lowest BCUT2D eigenvalue weighted by Gasteiger charge is -2.22.